The fourth-order valence-electron chi connectivity index (χ4n) is 3.15. The first kappa shape index (κ1) is 18.5. The minimum atomic E-state index is -1.09. The third kappa shape index (κ3) is 4.18. The molecule has 3 aromatic carbocycles. The first-order valence-electron chi connectivity index (χ1n) is 9.40. The minimum absolute atomic E-state index is 0.103. The van der Waals surface area contributed by atoms with Crippen LogP contribution in [-0.2, 0) is 4.79 Å². The molecule has 28 heavy (non-hydrogen) atoms. The Hall–Kier alpha value is -2.84. The van der Waals surface area contributed by atoms with Gasteiger partial charge in [0.25, 0.3) is 0 Å². The molecule has 0 aliphatic heterocycles. The number of ether oxygens (including phenoxy) is 2. The molecule has 2 unspecified atom stereocenters. The standard InChI is InChI=1S/C23H23O4P/c1-26-20-15-17(16-21(27-2)23(20)25)22(13-14-24)28(18-9-5-3-6-10-18)19-11-7-4-8-12-19/h3-12,14-16,22,25H,13H2,1-2H3/i13D. The number of rotatable bonds is 8. The lowest BCUT2D eigenvalue weighted by Crippen LogP contribution is -2.17. The van der Waals surface area contributed by atoms with Crippen LogP contribution in [0.3, 0.4) is 0 Å². The molecule has 0 saturated carbocycles. The summed E-state index contributed by atoms with van der Waals surface area (Å²) in [5.41, 5.74) is 0.262. The molecular formula is C23H23O4P. The second kappa shape index (κ2) is 9.38. The van der Waals surface area contributed by atoms with E-state index in [1.165, 1.54) is 14.2 Å². The molecule has 0 aromatic heterocycles. The number of hydrogen-bond acceptors (Lipinski definition) is 4. The molecule has 3 aromatic rings. The Morgan fingerprint density at radius 3 is 1.82 bits per heavy atom. The predicted molar refractivity (Wildman–Crippen MR) is 114 cm³/mol. The summed E-state index contributed by atoms with van der Waals surface area (Å²) < 4.78 is 19.2. The lowest BCUT2D eigenvalue weighted by molar-refractivity contribution is -0.107. The minimum Gasteiger partial charge on any atom is -0.502 e. The molecular weight excluding hydrogens is 371 g/mol. The maximum atomic E-state index is 11.8. The van der Waals surface area contributed by atoms with E-state index in [1.807, 2.05) is 60.7 Å². The molecule has 0 fully saturated rings. The predicted octanol–water partition coefficient (Wildman–Crippen LogP) is 4.17. The highest BCUT2D eigenvalue weighted by atomic mass is 31.1. The summed E-state index contributed by atoms with van der Waals surface area (Å²) >= 11 is 0. The Bertz CT molecular complexity index is 885. The van der Waals surface area contributed by atoms with Crippen molar-refractivity contribution >= 4 is 24.8 Å². The van der Waals surface area contributed by atoms with Gasteiger partial charge in [-0.05, 0) is 36.2 Å². The molecule has 5 heteroatoms. The third-order valence-electron chi connectivity index (χ3n) is 4.45. The van der Waals surface area contributed by atoms with Gasteiger partial charge in [0, 0.05) is 13.4 Å². The summed E-state index contributed by atoms with van der Waals surface area (Å²) in [6.45, 7) is 0. The smallest absolute Gasteiger partial charge is 0.200 e. The Morgan fingerprint density at radius 1 is 0.964 bits per heavy atom. The number of aldehydes is 1. The molecule has 0 saturated heterocycles. The Balaban J connectivity index is 2.24. The van der Waals surface area contributed by atoms with Gasteiger partial charge in [0.1, 0.15) is 6.29 Å². The number of benzene rings is 3. The Morgan fingerprint density at radius 2 is 1.43 bits per heavy atom. The number of phenolic OH excluding ortho intramolecular Hbond substituents is 1. The van der Waals surface area contributed by atoms with Crippen molar-refractivity contribution in [1.82, 2.24) is 0 Å². The summed E-state index contributed by atoms with van der Waals surface area (Å²) in [5, 5.41) is 12.4. The highest BCUT2D eigenvalue weighted by molar-refractivity contribution is 7.73. The molecule has 4 nitrogen and oxygen atoms in total. The van der Waals surface area contributed by atoms with Gasteiger partial charge < -0.3 is 19.4 Å². The van der Waals surface area contributed by atoms with Gasteiger partial charge in [0.15, 0.2) is 11.5 Å². The van der Waals surface area contributed by atoms with Crippen LogP contribution < -0.4 is 20.1 Å². The fraction of sp³-hybridized carbons (Fsp3) is 0.174. The van der Waals surface area contributed by atoms with Gasteiger partial charge in [0.05, 0.1) is 14.2 Å². The number of phenols is 1. The van der Waals surface area contributed by atoms with Crippen LogP contribution in [0.5, 0.6) is 17.2 Å². The first-order chi connectivity index (χ1) is 14.1. The van der Waals surface area contributed by atoms with Crippen molar-refractivity contribution in [2.45, 2.75) is 12.1 Å². The van der Waals surface area contributed by atoms with E-state index in [4.69, 9.17) is 10.8 Å². The maximum absolute atomic E-state index is 11.8. The number of carbonyl (C=O) groups is 1. The zero-order valence-electron chi connectivity index (χ0n) is 16.8. The van der Waals surface area contributed by atoms with Gasteiger partial charge in [-0.1, -0.05) is 60.7 Å². The number of methoxy groups -OCH3 is 2. The van der Waals surface area contributed by atoms with Gasteiger partial charge in [-0.2, -0.15) is 0 Å². The zero-order chi connectivity index (χ0) is 20.8. The van der Waals surface area contributed by atoms with Crippen molar-refractivity contribution in [3.05, 3.63) is 78.4 Å². The van der Waals surface area contributed by atoms with E-state index in [2.05, 4.69) is 0 Å². The lowest BCUT2D eigenvalue weighted by Gasteiger charge is -2.28. The molecule has 1 N–H and O–H groups in total. The molecule has 0 aliphatic rings. The maximum Gasteiger partial charge on any atom is 0.200 e. The molecule has 0 radical (unpaired) electrons. The van der Waals surface area contributed by atoms with Crippen molar-refractivity contribution in [3.8, 4) is 17.2 Å². The second-order valence-electron chi connectivity index (χ2n) is 6.09. The molecule has 144 valence electrons. The van der Waals surface area contributed by atoms with Crippen molar-refractivity contribution in [1.29, 1.82) is 0 Å². The van der Waals surface area contributed by atoms with E-state index in [0.29, 0.717) is 11.8 Å². The molecule has 3 rings (SSSR count). The van der Waals surface area contributed by atoms with Crippen LogP contribution in [0.15, 0.2) is 72.8 Å². The molecule has 0 bridgehead atoms. The average Bonchev–Trinajstić information content (AvgIpc) is 2.78. The number of hydrogen-bond donors (Lipinski definition) is 1. The monoisotopic (exact) mass is 395 g/mol. The SMILES string of the molecule is [2H]C(C=O)C(c1cc(OC)c(O)c(OC)c1)P(c1ccccc1)c1ccccc1. The zero-order valence-corrected chi connectivity index (χ0v) is 16.7. The molecule has 0 heterocycles. The fourth-order valence-corrected chi connectivity index (χ4v) is 5.77. The number of aromatic hydroxyl groups is 1. The van der Waals surface area contributed by atoms with E-state index >= 15 is 0 Å². The van der Waals surface area contributed by atoms with Crippen LogP contribution >= 0.6 is 7.92 Å². The van der Waals surface area contributed by atoms with E-state index < -0.39 is 20.0 Å². The van der Waals surface area contributed by atoms with Gasteiger partial charge in [-0.15, -0.1) is 0 Å². The molecule has 0 amide bonds. The summed E-state index contributed by atoms with van der Waals surface area (Å²) in [7, 11) is 1.83. The van der Waals surface area contributed by atoms with Gasteiger partial charge >= 0.3 is 0 Å². The Kier molecular flexibility index (Phi) is 6.21. The van der Waals surface area contributed by atoms with Crippen molar-refractivity contribution < 1.29 is 20.7 Å². The number of carbonyl (C=O) groups excluding carboxylic acids is 1. The summed E-state index contributed by atoms with van der Waals surface area (Å²) in [4.78, 5) is 11.8. The van der Waals surface area contributed by atoms with Crippen molar-refractivity contribution in [2.75, 3.05) is 14.2 Å². The summed E-state index contributed by atoms with van der Waals surface area (Å²) in [5.74, 6) is 0.394. The largest absolute Gasteiger partial charge is 0.502 e. The summed E-state index contributed by atoms with van der Waals surface area (Å²) in [6, 6.07) is 23.2. The lowest BCUT2D eigenvalue weighted by atomic mass is 10.1. The van der Waals surface area contributed by atoms with E-state index in [-0.39, 0.29) is 17.2 Å². The third-order valence-corrected chi connectivity index (χ3v) is 7.19. The first-order valence-corrected chi connectivity index (χ1v) is 10.2. The van der Waals surface area contributed by atoms with Crippen LogP contribution in [0.1, 0.15) is 19.0 Å². The van der Waals surface area contributed by atoms with Crippen molar-refractivity contribution in [3.63, 3.8) is 0 Å². The Labute approximate surface area is 167 Å². The van der Waals surface area contributed by atoms with Gasteiger partial charge in [-0.3, -0.25) is 0 Å². The average molecular weight is 395 g/mol. The van der Waals surface area contributed by atoms with Crippen LogP contribution in [0.25, 0.3) is 0 Å². The summed E-state index contributed by atoms with van der Waals surface area (Å²) in [6.07, 6.45) is -0.335. The van der Waals surface area contributed by atoms with Crippen LogP contribution in [0.4, 0.5) is 0 Å². The van der Waals surface area contributed by atoms with E-state index in [9.17, 15) is 9.90 Å². The van der Waals surface area contributed by atoms with Crippen molar-refractivity contribution in [2.24, 2.45) is 0 Å². The molecule has 2 atom stereocenters. The topological polar surface area (TPSA) is 55.8 Å². The van der Waals surface area contributed by atoms with Gasteiger partial charge in [-0.25, -0.2) is 0 Å². The van der Waals surface area contributed by atoms with Crippen LogP contribution in [-0.4, -0.2) is 25.6 Å². The quantitative estimate of drug-likeness (QED) is 0.459. The normalized spacial score (nSPS) is 13.5. The highest BCUT2D eigenvalue weighted by Gasteiger charge is 2.28. The molecule has 0 aliphatic carbocycles. The van der Waals surface area contributed by atoms with E-state index in [1.54, 1.807) is 12.1 Å². The molecule has 0 spiro atoms. The van der Waals surface area contributed by atoms with Crippen LogP contribution in [0.2, 0.25) is 0 Å². The second-order valence-corrected chi connectivity index (χ2v) is 8.42. The van der Waals surface area contributed by atoms with Gasteiger partial charge in [0.2, 0.25) is 5.75 Å². The van der Waals surface area contributed by atoms with E-state index in [0.717, 1.165) is 10.6 Å². The van der Waals surface area contributed by atoms with Crippen LogP contribution in [0, 0.1) is 0 Å². The highest BCUT2D eigenvalue weighted by Crippen LogP contribution is 2.53.